The number of rotatable bonds is 8. The highest BCUT2D eigenvalue weighted by atomic mass is 19.3. The third-order valence-electron chi connectivity index (χ3n) is 4.91. The van der Waals surface area contributed by atoms with E-state index in [4.69, 9.17) is 4.74 Å². The lowest BCUT2D eigenvalue weighted by atomic mass is 10.1. The van der Waals surface area contributed by atoms with Crippen molar-refractivity contribution in [2.24, 2.45) is 0 Å². The summed E-state index contributed by atoms with van der Waals surface area (Å²) in [6, 6.07) is 3.88. The Bertz CT molecular complexity index is 962. The Hall–Kier alpha value is -3.14. The second-order valence-corrected chi connectivity index (χ2v) is 7.00. The average molecular weight is 435 g/mol. The second-order valence-electron chi connectivity index (χ2n) is 7.00. The Labute approximate surface area is 178 Å². The summed E-state index contributed by atoms with van der Waals surface area (Å²) in [4.78, 5) is 21.9. The third-order valence-corrected chi connectivity index (χ3v) is 4.91. The van der Waals surface area contributed by atoms with E-state index in [1.807, 2.05) is 13.0 Å². The van der Waals surface area contributed by atoms with Crippen LogP contribution in [0.25, 0.3) is 6.08 Å². The van der Waals surface area contributed by atoms with E-state index in [0.29, 0.717) is 42.6 Å². The normalized spacial score (nSPS) is 14.6. The number of carbonyl (C=O) groups is 1. The molecule has 2 N–H and O–H groups in total. The van der Waals surface area contributed by atoms with Crippen LogP contribution in [0.3, 0.4) is 0 Å². The highest BCUT2D eigenvalue weighted by molar-refractivity contribution is 5.81. The van der Waals surface area contributed by atoms with Crippen LogP contribution in [-0.2, 0) is 16.1 Å². The second kappa shape index (κ2) is 10.3. The molecule has 0 unspecified atom stereocenters. The summed E-state index contributed by atoms with van der Waals surface area (Å²) >= 11 is 0. The van der Waals surface area contributed by atoms with Crippen LogP contribution < -0.4 is 10.6 Å². The number of carbonyl (C=O) groups excluding carboxylic acids is 1. The van der Waals surface area contributed by atoms with Crippen LogP contribution in [0.2, 0.25) is 0 Å². The van der Waals surface area contributed by atoms with Gasteiger partial charge in [0.15, 0.2) is 0 Å². The van der Waals surface area contributed by atoms with Crippen molar-refractivity contribution in [1.29, 1.82) is 0 Å². The van der Waals surface area contributed by atoms with Crippen molar-refractivity contribution in [2.45, 2.75) is 26.8 Å². The molecule has 0 spiro atoms. The number of hydrogen-bond acceptors (Lipinski definition) is 6. The number of hydrogen-bond donors (Lipinski definition) is 2. The Balaban J connectivity index is 1.94. The van der Waals surface area contributed by atoms with Gasteiger partial charge in [-0.25, -0.2) is 23.1 Å². The van der Waals surface area contributed by atoms with Crippen LogP contribution in [0, 0.1) is 12.7 Å². The topological polar surface area (TPSA) is 79.4 Å². The van der Waals surface area contributed by atoms with Gasteiger partial charge in [-0.05, 0) is 19.9 Å². The quantitative estimate of drug-likeness (QED) is 0.615. The van der Waals surface area contributed by atoms with Crippen LogP contribution in [0.4, 0.5) is 24.8 Å². The van der Waals surface area contributed by atoms with Crippen LogP contribution in [0.5, 0.6) is 0 Å². The molecule has 0 atom stereocenters. The fourth-order valence-corrected chi connectivity index (χ4v) is 3.32. The van der Waals surface area contributed by atoms with Crippen molar-refractivity contribution in [1.82, 2.24) is 14.9 Å². The fourth-order valence-electron chi connectivity index (χ4n) is 3.32. The molecule has 0 radical (unpaired) electrons. The van der Waals surface area contributed by atoms with Gasteiger partial charge < -0.3 is 20.3 Å². The largest absolute Gasteiger partial charge is 0.378 e. The standard InChI is InChI=1S/C21H24F3N5O2/c1-13(29-6-8-31-9-7-29)10-17-20(27-14(2)28-21(17)26-12-30)25-11-15-4-3-5-16(18(15)22)19(23)24/h3-5,10,12,19H,6-9,11H2,1-2H3,(H2,25,26,27,28,30)/b13-10+. The monoisotopic (exact) mass is 435 g/mol. The van der Waals surface area contributed by atoms with E-state index in [0.717, 1.165) is 24.9 Å². The Kier molecular flexibility index (Phi) is 7.45. The van der Waals surface area contributed by atoms with Crippen molar-refractivity contribution in [3.63, 3.8) is 0 Å². The van der Waals surface area contributed by atoms with E-state index in [2.05, 4.69) is 25.5 Å². The number of halogens is 3. The number of morpholine rings is 1. The molecular formula is C21H24F3N5O2. The van der Waals surface area contributed by atoms with Gasteiger partial charge in [-0.1, -0.05) is 18.2 Å². The van der Waals surface area contributed by atoms with E-state index in [-0.39, 0.29) is 12.1 Å². The lowest BCUT2D eigenvalue weighted by molar-refractivity contribution is -0.105. The lowest BCUT2D eigenvalue weighted by Crippen LogP contribution is -2.34. The number of anilines is 2. The number of alkyl halides is 2. The minimum Gasteiger partial charge on any atom is -0.378 e. The van der Waals surface area contributed by atoms with Gasteiger partial charge in [-0.2, -0.15) is 0 Å². The summed E-state index contributed by atoms with van der Waals surface area (Å²) in [6.07, 6.45) is -0.567. The summed E-state index contributed by atoms with van der Waals surface area (Å²) in [7, 11) is 0. The number of benzene rings is 1. The molecule has 2 aromatic rings. The van der Waals surface area contributed by atoms with Gasteiger partial charge in [-0.3, -0.25) is 4.79 Å². The Morgan fingerprint density at radius 2 is 1.97 bits per heavy atom. The van der Waals surface area contributed by atoms with Crippen LogP contribution in [0.1, 0.15) is 35.9 Å². The van der Waals surface area contributed by atoms with Crippen LogP contribution in [-0.4, -0.2) is 47.6 Å². The van der Waals surface area contributed by atoms with Crippen LogP contribution >= 0.6 is 0 Å². The van der Waals surface area contributed by atoms with Crippen LogP contribution in [0.15, 0.2) is 23.9 Å². The SMILES string of the molecule is C/C(=C\c1c(NC=O)nc(C)nc1NCc1cccc(C(F)F)c1F)N1CCOCC1. The molecule has 1 aromatic heterocycles. The van der Waals surface area contributed by atoms with Gasteiger partial charge in [0.2, 0.25) is 6.41 Å². The zero-order valence-electron chi connectivity index (χ0n) is 17.3. The first-order valence-electron chi connectivity index (χ1n) is 9.79. The molecule has 2 heterocycles. The lowest BCUT2D eigenvalue weighted by Gasteiger charge is -2.29. The molecule has 0 saturated carbocycles. The van der Waals surface area contributed by atoms with Crippen molar-refractivity contribution < 1.29 is 22.7 Å². The van der Waals surface area contributed by atoms with E-state index in [1.165, 1.54) is 12.1 Å². The van der Waals surface area contributed by atoms with Gasteiger partial charge in [0.25, 0.3) is 6.43 Å². The number of ether oxygens (including phenoxy) is 1. The van der Waals surface area contributed by atoms with Crippen molar-refractivity contribution in [3.8, 4) is 0 Å². The molecule has 1 saturated heterocycles. The molecule has 166 valence electrons. The average Bonchev–Trinajstić information content (AvgIpc) is 2.75. The molecule has 10 heteroatoms. The number of allylic oxidation sites excluding steroid dienone is 1. The summed E-state index contributed by atoms with van der Waals surface area (Å²) < 4.78 is 45.8. The molecule has 0 bridgehead atoms. The summed E-state index contributed by atoms with van der Waals surface area (Å²) in [6.45, 7) is 6.17. The smallest absolute Gasteiger partial charge is 0.266 e. The number of aromatic nitrogens is 2. The number of amides is 1. The first-order chi connectivity index (χ1) is 14.9. The number of nitrogens with one attached hydrogen (secondary N) is 2. The minimum absolute atomic E-state index is 0.0686. The molecule has 3 rings (SSSR count). The van der Waals surface area contributed by atoms with Crippen molar-refractivity contribution in [2.75, 3.05) is 36.9 Å². The maximum Gasteiger partial charge on any atom is 0.266 e. The van der Waals surface area contributed by atoms with Gasteiger partial charge >= 0.3 is 0 Å². The van der Waals surface area contributed by atoms with Gasteiger partial charge in [0, 0.05) is 30.9 Å². The highest BCUT2D eigenvalue weighted by Crippen LogP contribution is 2.28. The predicted molar refractivity (Wildman–Crippen MR) is 111 cm³/mol. The van der Waals surface area contributed by atoms with Gasteiger partial charge in [0.1, 0.15) is 23.3 Å². The van der Waals surface area contributed by atoms with Gasteiger partial charge in [-0.15, -0.1) is 0 Å². The molecule has 0 aliphatic carbocycles. The molecule has 1 aromatic carbocycles. The maximum absolute atomic E-state index is 14.4. The first-order valence-corrected chi connectivity index (χ1v) is 9.79. The van der Waals surface area contributed by atoms with Crippen molar-refractivity contribution in [3.05, 3.63) is 52.2 Å². The van der Waals surface area contributed by atoms with Gasteiger partial charge in [0.05, 0.1) is 24.3 Å². The summed E-state index contributed by atoms with van der Waals surface area (Å²) in [5, 5.41) is 5.57. The maximum atomic E-state index is 14.4. The Morgan fingerprint density at radius 3 is 2.65 bits per heavy atom. The molecule has 1 fully saturated rings. The third kappa shape index (κ3) is 5.52. The number of nitrogens with zero attached hydrogens (tertiary/aromatic N) is 3. The van der Waals surface area contributed by atoms with E-state index < -0.39 is 17.8 Å². The highest BCUT2D eigenvalue weighted by Gasteiger charge is 2.18. The molecular weight excluding hydrogens is 411 g/mol. The predicted octanol–water partition coefficient (Wildman–Crippen LogP) is 3.74. The first kappa shape index (κ1) is 22.5. The molecule has 7 nitrogen and oxygen atoms in total. The summed E-state index contributed by atoms with van der Waals surface area (Å²) in [5.74, 6) is 0.0733. The molecule has 1 aliphatic rings. The molecule has 1 aliphatic heterocycles. The minimum atomic E-state index is -2.90. The summed E-state index contributed by atoms with van der Waals surface area (Å²) in [5.41, 5.74) is 0.856. The number of aryl methyl sites for hydroxylation is 1. The zero-order chi connectivity index (χ0) is 22.4. The fraction of sp³-hybridized carbons (Fsp3) is 0.381. The molecule has 1 amide bonds. The van der Waals surface area contributed by atoms with E-state index in [1.54, 1.807) is 6.92 Å². The zero-order valence-corrected chi connectivity index (χ0v) is 17.3. The van der Waals surface area contributed by atoms with E-state index in [9.17, 15) is 18.0 Å². The van der Waals surface area contributed by atoms with E-state index >= 15 is 0 Å². The Morgan fingerprint density at radius 1 is 1.26 bits per heavy atom. The van der Waals surface area contributed by atoms with Crippen molar-refractivity contribution >= 4 is 24.1 Å². The molecule has 31 heavy (non-hydrogen) atoms.